The molecular formula is C12H17ClN4OS. The Balaban J connectivity index is 2.11. The van der Waals surface area contributed by atoms with Crippen LogP contribution in [0.3, 0.4) is 0 Å². The molecule has 1 atom stereocenters. The summed E-state index contributed by atoms with van der Waals surface area (Å²) in [7, 11) is 0. The number of aromatic nitrogens is 2. The Hall–Kier alpha value is -0.950. The number of thiophene rings is 1. The van der Waals surface area contributed by atoms with E-state index in [2.05, 4.69) is 28.9 Å². The van der Waals surface area contributed by atoms with Crippen LogP contribution >= 0.6 is 22.9 Å². The fraction of sp³-hybridized carbons (Fsp3) is 0.500. The van der Waals surface area contributed by atoms with Gasteiger partial charge in [0.1, 0.15) is 4.88 Å². The van der Waals surface area contributed by atoms with Crippen molar-refractivity contribution >= 4 is 22.9 Å². The van der Waals surface area contributed by atoms with Crippen LogP contribution in [0.25, 0.3) is 10.8 Å². The van der Waals surface area contributed by atoms with Gasteiger partial charge in [-0.15, -0.1) is 11.3 Å². The molecule has 0 fully saturated rings. The molecule has 7 heteroatoms. The zero-order valence-corrected chi connectivity index (χ0v) is 12.5. The van der Waals surface area contributed by atoms with Gasteiger partial charge in [-0.1, -0.05) is 30.6 Å². The van der Waals surface area contributed by atoms with E-state index < -0.39 is 0 Å². The van der Waals surface area contributed by atoms with E-state index in [0.29, 0.717) is 23.3 Å². The maximum atomic E-state index is 6.10. The van der Waals surface area contributed by atoms with Crippen LogP contribution in [-0.4, -0.2) is 34.7 Å². The van der Waals surface area contributed by atoms with E-state index in [1.54, 1.807) is 6.07 Å². The third-order valence-electron chi connectivity index (χ3n) is 2.93. The lowest BCUT2D eigenvalue weighted by atomic mass is 10.2. The van der Waals surface area contributed by atoms with Crippen molar-refractivity contribution in [2.45, 2.75) is 19.9 Å². The lowest BCUT2D eigenvalue weighted by Crippen LogP contribution is -2.32. The minimum Gasteiger partial charge on any atom is -0.333 e. The molecule has 1 unspecified atom stereocenters. The quantitative estimate of drug-likeness (QED) is 0.888. The number of hydrogen-bond donors (Lipinski definition) is 1. The van der Waals surface area contributed by atoms with Crippen molar-refractivity contribution in [2.24, 2.45) is 5.73 Å². The zero-order valence-electron chi connectivity index (χ0n) is 11.0. The molecule has 2 aromatic rings. The third-order valence-corrected chi connectivity index (χ3v) is 4.26. The Morgan fingerprint density at radius 1 is 1.47 bits per heavy atom. The van der Waals surface area contributed by atoms with Crippen LogP contribution in [0.4, 0.5) is 0 Å². The largest absolute Gasteiger partial charge is 0.333 e. The van der Waals surface area contributed by atoms with Gasteiger partial charge >= 0.3 is 0 Å². The van der Waals surface area contributed by atoms with E-state index in [9.17, 15) is 0 Å². The molecule has 0 aliphatic heterocycles. The van der Waals surface area contributed by atoms with Crippen molar-refractivity contribution in [2.75, 3.05) is 19.6 Å². The van der Waals surface area contributed by atoms with Crippen molar-refractivity contribution in [1.29, 1.82) is 0 Å². The lowest BCUT2D eigenvalue weighted by Gasteiger charge is -2.20. The van der Waals surface area contributed by atoms with E-state index in [1.807, 2.05) is 5.38 Å². The standard InChI is InChI=1S/C12H17ClN4OS/c1-3-17(4-2)7-9(14)11-15-12(18-16-11)10-8(13)5-6-19-10/h5-6,9H,3-4,7,14H2,1-2H3. The molecule has 0 aliphatic rings. The molecule has 2 rings (SSSR count). The summed E-state index contributed by atoms with van der Waals surface area (Å²) in [6.07, 6.45) is 0. The van der Waals surface area contributed by atoms with E-state index in [1.165, 1.54) is 11.3 Å². The molecule has 0 aromatic carbocycles. The van der Waals surface area contributed by atoms with Crippen molar-refractivity contribution in [3.05, 3.63) is 22.3 Å². The van der Waals surface area contributed by atoms with Crippen LogP contribution in [0.2, 0.25) is 5.02 Å². The first-order chi connectivity index (χ1) is 9.15. The molecule has 0 amide bonds. The maximum Gasteiger partial charge on any atom is 0.269 e. The molecular weight excluding hydrogens is 284 g/mol. The fourth-order valence-corrected chi connectivity index (χ4v) is 2.82. The van der Waals surface area contributed by atoms with Gasteiger partial charge in [-0.2, -0.15) is 4.98 Å². The Labute approximate surface area is 121 Å². The number of halogens is 1. The summed E-state index contributed by atoms with van der Waals surface area (Å²) in [5.41, 5.74) is 6.10. The normalized spacial score (nSPS) is 13.1. The van der Waals surface area contributed by atoms with Gasteiger partial charge in [-0.25, -0.2) is 0 Å². The zero-order chi connectivity index (χ0) is 13.8. The number of nitrogens with two attached hydrogens (primary N) is 1. The minimum absolute atomic E-state index is 0.254. The molecule has 2 N–H and O–H groups in total. The van der Waals surface area contributed by atoms with Crippen LogP contribution < -0.4 is 5.73 Å². The highest BCUT2D eigenvalue weighted by molar-refractivity contribution is 7.14. The second-order valence-corrected chi connectivity index (χ2v) is 5.47. The predicted octanol–water partition coefficient (Wildman–Crippen LogP) is 2.79. The Morgan fingerprint density at radius 3 is 2.79 bits per heavy atom. The lowest BCUT2D eigenvalue weighted by molar-refractivity contribution is 0.278. The first-order valence-electron chi connectivity index (χ1n) is 6.20. The van der Waals surface area contributed by atoms with Gasteiger partial charge in [0.05, 0.1) is 11.1 Å². The van der Waals surface area contributed by atoms with Gasteiger partial charge in [-0.3, -0.25) is 0 Å². The highest BCUT2D eigenvalue weighted by Crippen LogP contribution is 2.32. The summed E-state index contributed by atoms with van der Waals surface area (Å²) in [4.78, 5) is 7.34. The van der Waals surface area contributed by atoms with E-state index in [0.717, 1.165) is 18.0 Å². The number of hydrogen-bond acceptors (Lipinski definition) is 6. The summed E-state index contributed by atoms with van der Waals surface area (Å²) in [5, 5.41) is 6.45. The summed E-state index contributed by atoms with van der Waals surface area (Å²) in [6.45, 7) is 6.81. The molecule has 2 aromatic heterocycles. The summed E-state index contributed by atoms with van der Waals surface area (Å²) in [5.74, 6) is 0.955. The second-order valence-electron chi connectivity index (χ2n) is 4.15. The number of rotatable bonds is 6. The van der Waals surface area contributed by atoms with Gasteiger partial charge in [0.15, 0.2) is 5.82 Å². The molecule has 0 radical (unpaired) electrons. The van der Waals surface area contributed by atoms with Crippen LogP contribution in [-0.2, 0) is 0 Å². The SMILES string of the molecule is CCN(CC)CC(N)c1noc(-c2sccc2Cl)n1. The van der Waals surface area contributed by atoms with Crippen LogP contribution in [0, 0.1) is 0 Å². The third kappa shape index (κ3) is 3.33. The summed E-state index contributed by atoms with van der Waals surface area (Å²) < 4.78 is 5.23. The highest BCUT2D eigenvalue weighted by Gasteiger charge is 2.19. The van der Waals surface area contributed by atoms with Crippen molar-refractivity contribution < 1.29 is 4.52 Å². The molecule has 19 heavy (non-hydrogen) atoms. The van der Waals surface area contributed by atoms with Crippen molar-refractivity contribution in [1.82, 2.24) is 15.0 Å². The summed E-state index contributed by atoms with van der Waals surface area (Å²) in [6, 6.07) is 1.55. The first-order valence-corrected chi connectivity index (χ1v) is 7.46. The number of nitrogens with zero attached hydrogens (tertiary/aromatic N) is 3. The monoisotopic (exact) mass is 300 g/mol. The van der Waals surface area contributed by atoms with Crippen molar-refractivity contribution in [3.8, 4) is 10.8 Å². The van der Waals surface area contributed by atoms with Gasteiger partial charge in [0.2, 0.25) is 0 Å². The van der Waals surface area contributed by atoms with Gasteiger partial charge in [0, 0.05) is 6.54 Å². The second kappa shape index (κ2) is 6.47. The van der Waals surface area contributed by atoms with E-state index >= 15 is 0 Å². The minimum atomic E-state index is -0.254. The predicted molar refractivity (Wildman–Crippen MR) is 77.3 cm³/mol. The fourth-order valence-electron chi connectivity index (χ4n) is 1.77. The maximum absolute atomic E-state index is 6.10. The average molecular weight is 301 g/mol. The molecule has 0 spiro atoms. The van der Waals surface area contributed by atoms with Gasteiger partial charge in [-0.05, 0) is 24.5 Å². The molecule has 2 heterocycles. The molecule has 5 nitrogen and oxygen atoms in total. The molecule has 104 valence electrons. The Bertz CT molecular complexity index is 523. The van der Waals surface area contributed by atoms with Gasteiger partial charge < -0.3 is 15.2 Å². The Kier molecular flexibility index (Phi) is 4.93. The molecule has 0 aliphatic carbocycles. The average Bonchev–Trinajstić information content (AvgIpc) is 3.03. The van der Waals surface area contributed by atoms with Gasteiger partial charge in [0.25, 0.3) is 5.89 Å². The van der Waals surface area contributed by atoms with Crippen molar-refractivity contribution in [3.63, 3.8) is 0 Å². The van der Waals surface area contributed by atoms with Crippen LogP contribution in [0.5, 0.6) is 0 Å². The van der Waals surface area contributed by atoms with E-state index in [4.69, 9.17) is 21.9 Å². The molecule has 0 saturated heterocycles. The van der Waals surface area contributed by atoms with Crippen LogP contribution in [0.15, 0.2) is 16.0 Å². The molecule has 0 saturated carbocycles. The first kappa shape index (κ1) is 14.5. The Morgan fingerprint density at radius 2 is 2.21 bits per heavy atom. The highest BCUT2D eigenvalue weighted by atomic mass is 35.5. The van der Waals surface area contributed by atoms with E-state index in [-0.39, 0.29) is 6.04 Å². The van der Waals surface area contributed by atoms with Crippen LogP contribution in [0.1, 0.15) is 25.7 Å². The number of likely N-dealkylation sites (N-methyl/N-ethyl adjacent to an activating group) is 1. The smallest absolute Gasteiger partial charge is 0.269 e. The summed E-state index contributed by atoms with van der Waals surface area (Å²) >= 11 is 7.51. The molecule has 0 bridgehead atoms. The topological polar surface area (TPSA) is 68.2 Å².